The van der Waals surface area contributed by atoms with Crippen molar-refractivity contribution in [3.8, 4) is 17.0 Å². The number of hydrogen-bond donors (Lipinski definition) is 1. The summed E-state index contributed by atoms with van der Waals surface area (Å²) in [6, 6.07) is 14.9. The lowest BCUT2D eigenvalue weighted by atomic mass is 10.1. The Hall–Kier alpha value is -3.31. The summed E-state index contributed by atoms with van der Waals surface area (Å²) in [5, 5.41) is 3.45. The van der Waals surface area contributed by atoms with Gasteiger partial charge in [0.15, 0.2) is 0 Å². The topological polar surface area (TPSA) is 55.6 Å². The number of aryl methyl sites for hydroxylation is 2. The Labute approximate surface area is 173 Å². The maximum absolute atomic E-state index is 12.9. The van der Waals surface area contributed by atoms with E-state index < -0.39 is 0 Å². The summed E-state index contributed by atoms with van der Waals surface area (Å²) in [5.41, 5.74) is 5.83. The van der Waals surface area contributed by atoms with Crippen LogP contribution >= 0.6 is 11.6 Å². The standard InChI is InChI=1S/C23H20ClN3O2/c1-14-6-7-16(20-13-27-10-4-5-15(2)22(27)25-20)11-19(14)26-23(28)18-12-17(24)8-9-21(18)29-3/h4-13H,1-3H3,(H,26,28). The zero-order valence-corrected chi connectivity index (χ0v) is 17.1. The summed E-state index contributed by atoms with van der Waals surface area (Å²) < 4.78 is 7.29. The second-order valence-corrected chi connectivity index (χ2v) is 7.31. The van der Waals surface area contributed by atoms with Crippen LogP contribution in [0.2, 0.25) is 5.02 Å². The van der Waals surface area contributed by atoms with Gasteiger partial charge in [-0.25, -0.2) is 4.98 Å². The van der Waals surface area contributed by atoms with Crippen LogP contribution < -0.4 is 10.1 Å². The van der Waals surface area contributed by atoms with E-state index >= 15 is 0 Å². The minimum atomic E-state index is -0.282. The highest BCUT2D eigenvalue weighted by atomic mass is 35.5. The van der Waals surface area contributed by atoms with Gasteiger partial charge in [-0.2, -0.15) is 0 Å². The third-order valence-corrected chi connectivity index (χ3v) is 5.10. The average molecular weight is 406 g/mol. The summed E-state index contributed by atoms with van der Waals surface area (Å²) in [5.74, 6) is 0.187. The molecule has 0 fully saturated rings. The first-order valence-electron chi connectivity index (χ1n) is 9.16. The molecular formula is C23H20ClN3O2. The van der Waals surface area contributed by atoms with Crippen molar-refractivity contribution in [2.45, 2.75) is 13.8 Å². The largest absolute Gasteiger partial charge is 0.496 e. The summed E-state index contributed by atoms with van der Waals surface area (Å²) in [6.07, 6.45) is 3.96. The number of imidazole rings is 1. The molecule has 0 unspecified atom stereocenters. The lowest BCUT2D eigenvalue weighted by molar-refractivity contribution is 0.102. The minimum absolute atomic E-state index is 0.282. The van der Waals surface area contributed by atoms with Gasteiger partial charge in [0.05, 0.1) is 18.4 Å². The summed E-state index contributed by atoms with van der Waals surface area (Å²) >= 11 is 6.06. The van der Waals surface area contributed by atoms with Gasteiger partial charge in [-0.1, -0.05) is 29.8 Å². The number of methoxy groups -OCH3 is 1. The van der Waals surface area contributed by atoms with E-state index in [4.69, 9.17) is 21.3 Å². The number of anilines is 1. The van der Waals surface area contributed by atoms with Crippen molar-refractivity contribution in [1.29, 1.82) is 0 Å². The molecule has 29 heavy (non-hydrogen) atoms. The van der Waals surface area contributed by atoms with Gasteiger partial charge in [-0.3, -0.25) is 4.79 Å². The number of fused-ring (bicyclic) bond motifs is 1. The monoisotopic (exact) mass is 405 g/mol. The molecule has 0 saturated heterocycles. The number of pyridine rings is 1. The smallest absolute Gasteiger partial charge is 0.259 e. The number of carbonyl (C=O) groups excluding carboxylic acids is 1. The highest BCUT2D eigenvalue weighted by Crippen LogP contribution is 2.28. The van der Waals surface area contributed by atoms with Crippen LogP contribution in [0.4, 0.5) is 5.69 Å². The number of halogens is 1. The molecule has 6 heteroatoms. The second kappa shape index (κ2) is 7.60. The molecule has 0 aliphatic carbocycles. The van der Waals surface area contributed by atoms with Crippen LogP contribution in [0.15, 0.2) is 60.9 Å². The molecule has 0 aliphatic rings. The normalized spacial score (nSPS) is 10.9. The Morgan fingerprint density at radius 3 is 2.69 bits per heavy atom. The van der Waals surface area contributed by atoms with Crippen LogP contribution in [0.5, 0.6) is 5.75 Å². The fourth-order valence-electron chi connectivity index (χ4n) is 3.26. The first kappa shape index (κ1) is 19.0. The van der Waals surface area contributed by atoms with Crippen LogP contribution in [0.1, 0.15) is 21.5 Å². The predicted molar refractivity (Wildman–Crippen MR) is 116 cm³/mol. The number of carbonyl (C=O) groups is 1. The zero-order chi connectivity index (χ0) is 20.5. The predicted octanol–water partition coefficient (Wildman–Crippen LogP) is 5.53. The molecule has 4 rings (SSSR count). The lowest BCUT2D eigenvalue weighted by Gasteiger charge is -2.12. The zero-order valence-electron chi connectivity index (χ0n) is 16.4. The molecule has 1 amide bonds. The molecular weight excluding hydrogens is 386 g/mol. The number of amides is 1. The molecule has 2 aromatic heterocycles. The number of nitrogens with zero attached hydrogens (tertiary/aromatic N) is 2. The fraction of sp³-hybridized carbons (Fsp3) is 0.130. The lowest BCUT2D eigenvalue weighted by Crippen LogP contribution is -2.14. The first-order valence-corrected chi connectivity index (χ1v) is 9.54. The Morgan fingerprint density at radius 2 is 1.93 bits per heavy atom. The Balaban J connectivity index is 1.69. The van der Waals surface area contributed by atoms with Gasteiger partial charge in [0, 0.05) is 28.7 Å². The highest BCUT2D eigenvalue weighted by Gasteiger charge is 2.15. The molecule has 0 radical (unpaired) electrons. The molecule has 2 aromatic carbocycles. The number of aromatic nitrogens is 2. The van der Waals surface area contributed by atoms with Crippen molar-refractivity contribution < 1.29 is 9.53 Å². The minimum Gasteiger partial charge on any atom is -0.496 e. The molecule has 1 N–H and O–H groups in total. The van der Waals surface area contributed by atoms with Gasteiger partial charge in [0.1, 0.15) is 11.4 Å². The van der Waals surface area contributed by atoms with Crippen molar-refractivity contribution in [2.24, 2.45) is 0 Å². The molecule has 0 saturated carbocycles. The number of nitrogens with one attached hydrogen (secondary N) is 1. The maximum atomic E-state index is 12.9. The first-order chi connectivity index (χ1) is 14.0. The van der Waals surface area contributed by atoms with Gasteiger partial charge >= 0.3 is 0 Å². The second-order valence-electron chi connectivity index (χ2n) is 6.88. The van der Waals surface area contributed by atoms with Crippen molar-refractivity contribution in [2.75, 3.05) is 12.4 Å². The van der Waals surface area contributed by atoms with Gasteiger partial charge in [0.25, 0.3) is 5.91 Å². The third kappa shape index (κ3) is 3.69. The van der Waals surface area contributed by atoms with E-state index in [1.54, 1.807) is 18.2 Å². The maximum Gasteiger partial charge on any atom is 0.259 e. The van der Waals surface area contributed by atoms with Crippen LogP contribution in [-0.2, 0) is 0 Å². The van der Waals surface area contributed by atoms with Crippen LogP contribution in [0, 0.1) is 13.8 Å². The molecule has 0 atom stereocenters. The van der Waals surface area contributed by atoms with E-state index in [-0.39, 0.29) is 5.91 Å². The fourth-order valence-corrected chi connectivity index (χ4v) is 3.43. The van der Waals surface area contributed by atoms with Gasteiger partial charge < -0.3 is 14.5 Å². The molecule has 0 aliphatic heterocycles. The molecule has 0 bridgehead atoms. The van der Waals surface area contributed by atoms with Crippen molar-refractivity contribution in [3.05, 3.63) is 82.6 Å². The van der Waals surface area contributed by atoms with E-state index in [1.807, 2.05) is 61.0 Å². The number of benzene rings is 2. The van der Waals surface area contributed by atoms with Gasteiger partial charge in [-0.05, 0) is 55.3 Å². The van der Waals surface area contributed by atoms with E-state index in [9.17, 15) is 4.79 Å². The molecule has 146 valence electrons. The number of rotatable bonds is 4. The summed E-state index contributed by atoms with van der Waals surface area (Å²) in [4.78, 5) is 17.6. The molecule has 5 nitrogen and oxygen atoms in total. The molecule has 0 spiro atoms. The Morgan fingerprint density at radius 1 is 1.10 bits per heavy atom. The SMILES string of the molecule is COc1ccc(Cl)cc1C(=O)Nc1cc(-c2cn3cccc(C)c3n2)ccc1C. The van der Waals surface area contributed by atoms with E-state index in [1.165, 1.54) is 7.11 Å². The van der Waals surface area contributed by atoms with Crippen molar-refractivity contribution >= 4 is 28.8 Å². The van der Waals surface area contributed by atoms with Crippen molar-refractivity contribution in [1.82, 2.24) is 9.38 Å². The van der Waals surface area contributed by atoms with E-state index in [0.29, 0.717) is 22.0 Å². The van der Waals surface area contributed by atoms with Gasteiger partial charge in [0.2, 0.25) is 0 Å². The number of hydrogen-bond acceptors (Lipinski definition) is 3. The third-order valence-electron chi connectivity index (χ3n) is 4.87. The Kier molecular flexibility index (Phi) is 4.99. The summed E-state index contributed by atoms with van der Waals surface area (Å²) in [7, 11) is 1.53. The van der Waals surface area contributed by atoms with Crippen LogP contribution in [0.3, 0.4) is 0 Å². The van der Waals surface area contributed by atoms with Gasteiger partial charge in [-0.15, -0.1) is 0 Å². The highest BCUT2D eigenvalue weighted by molar-refractivity contribution is 6.31. The summed E-state index contributed by atoms with van der Waals surface area (Å²) in [6.45, 7) is 3.98. The Bertz CT molecular complexity index is 1230. The van der Waals surface area contributed by atoms with Crippen LogP contribution in [0.25, 0.3) is 16.9 Å². The molecule has 2 heterocycles. The van der Waals surface area contributed by atoms with E-state index in [0.717, 1.165) is 28.0 Å². The number of ether oxygens (including phenoxy) is 1. The van der Waals surface area contributed by atoms with E-state index in [2.05, 4.69) is 5.32 Å². The average Bonchev–Trinajstić information content (AvgIpc) is 3.15. The quantitative estimate of drug-likeness (QED) is 0.485. The van der Waals surface area contributed by atoms with Crippen molar-refractivity contribution in [3.63, 3.8) is 0 Å². The molecule has 4 aromatic rings. The van der Waals surface area contributed by atoms with Crippen LogP contribution in [-0.4, -0.2) is 22.4 Å².